The van der Waals surface area contributed by atoms with Gasteiger partial charge in [-0.15, -0.1) is 5.10 Å². The standard InChI is InChI=1S/C12H15Cl2N5O/c1-8(15-5-6-20-2)12-16-17-18-19(12)9-3-4-10(13)11(14)7-9/h3-4,7-8,15H,5-6H2,1-2H3. The van der Waals surface area contributed by atoms with Gasteiger partial charge in [0.2, 0.25) is 0 Å². The smallest absolute Gasteiger partial charge is 0.173 e. The van der Waals surface area contributed by atoms with Crippen molar-refractivity contribution in [2.45, 2.75) is 13.0 Å². The monoisotopic (exact) mass is 315 g/mol. The van der Waals surface area contributed by atoms with E-state index in [2.05, 4.69) is 20.8 Å². The fourth-order valence-electron chi connectivity index (χ4n) is 1.73. The van der Waals surface area contributed by atoms with Gasteiger partial charge in [0.15, 0.2) is 5.82 Å². The highest BCUT2D eigenvalue weighted by Gasteiger charge is 2.15. The number of tetrazole rings is 1. The van der Waals surface area contributed by atoms with Gasteiger partial charge in [-0.1, -0.05) is 23.2 Å². The van der Waals surface area contributed by atoms with Crippen LogP contribution >= 0.6 is 23.2 Å². The maximum absolute atomic E-state index is 6.02. The minimum atomic E-state index is -0.0189. The molecular formula is C12H15Cl2N5O. The van der Waals surface area contributed by atoms with Gasteiger partial charge >= 0.3 is 0 Å². The lowest BCUT2D eigenvalue weighted by Crippen LogP contribution is -2.25. The average Bonchev–Trinajstić information content (AvgIpc) is 2.91. The molecule has 0 saturated heterocycles. The summed E-state index contributed by atoms with van der Waals surface area (Å²) in [4.78, 5) is 0. The third kappa shape index (κ3) is 3.46. The van der Waals surface area contributed by atoms with Crippen molar-refractivity contribution in [3.63, 3.8) is 0 Å². The van der Waals surface area contributed by atoms with E-state index in [4.69, 9.17) is 27.9 Å². The fraction of sp³-hybridized carbons (Fsp3) is 0.417. The molecule has 1 aromatic heterocycles. The summed E-state index contributed by atoms with van der Waals surface area (Å²) in [6, 6.07) is 5.24. The second-order valence-corrected chi connectivity index (χ2v) is 5.03. The normalized spacial score (nSPS) is 12.6. The molecule has 1 heterocycles. The lowest BCUT2D eigenvalue weighted by molar-refractivity contribution is 0.196. The Morgan fingerprint density at radius 3 is 2.85 bits per heavy atom. The number of ether oxygens (including phenoxy) is 1. The molecule has 2 aromatic rings. The Morgan fingerprint density at radius 1 is 1.35 bits per heavy atom. The molecule has 1 N–H and O–H groups in total. The molecule has 0 aliphatic heterocycles. The van der Waals surface area contributed by atoms with Gasteiger partial charge in [0.25, 0.3) is 0 Å². The molecule has 0 bridgehead atoms. The van der Waals surface area contributed by atoms with Gasteiger partial charge in [-0.25, -0.2) is 0 Å². The van der Waals surface area contributed by atoms with Gasteiger partial charge in [-0.05, 0) is 35.5 Å². The van der Waals surface area contributed by atoms with E-state index >= 15 is 0 Å². The Hall–Kier alpha value is -1.21. The zero-order chi connectivity index (χ0) is 14.5. The minimum Gasteiger partial charge on any atom is -0.383 e. The van der Waals surface area contributed by atoms with Crippen LogP contribution in [0.2, 0.25) is 10.0 Å². The molecule has 0 spiro atoms. The van der Waals surface area contributed by atoms with Gasteiger partial charge in [-0.3, -0.25) is 0 Å². The van der Waals surface area contributed by atoms with E-state index in [1.54, 1.807) is 23.9 Å². The van der Waals surface area contributed by atoms with E-state index in [0.29, 0.717) is 29.0 Å². The zero-order valence-electron chi connectivity index (χ0n) is 11.2. The Balaban J connectivity index is 2.21. The number of halogens is 2. The molecule has 2 rings (SSSR count). The molecule has 0 fully saturated rings. The first kappa shape index (κ1) is 15.2. The molecule has 0 aliphatic rings. The number of aromatic nitrogens is 4. The molecule has 8 heteroatoms. The van der Waals surface area contributed by atoms with Crippen LogP contribution in [0, 0.1) is 0 Å². The molecule has 0 saturated carbocycles. The Kier molecular flexibility index (Phi) is 5.31. The van der Waals surface area contributed by atoms with Gasteiger partial charge in [-0.2, -0.15) is 4.68 Å². The predicted octanol–water partition coefficient (Wildman–Crippen LogP) is 2.27. The Labute approximate surface area is 127 Å². The number of hydrogen-bond donors (Lipinski definition) is 1. The maximum atomic E-state index is 6.02. The number of hydrogen-bond acceptors (Lipinski definition) is 5. The summed E-state index contributed by atoms with van der Waals surface area (Å²) in [5.74, 6) is 0.694. The summed E-state index contributed by atoms with van der Waals surface area (Å²) in [6.45, 7) is 3.32. The summed E-state index contributed by atoms with van der Waals surface area (Å²) < 4.78 is 6.63. The second-order valence-electron chi connectivity index (χ2n) is 4.22. The zero-order valence-corrected chi connectivity index (χ0v) is 12.7. The summed E-state index contributed by atoms with van der Waals surface area (Å²) in [7, 11) is 1.66. The summed E-state index contributed by atoms with van der Waals surface area (Å²) in [6.07, 6.45) is 0. The summed E-state index contributed by atoms with van der Waals surface area (Å²) in [5.41, 5.74) is 0.764. The van der Waals surface area contributed by atoms with Crippen LogP contribution in [-0.2, 0) is 4.74 Å². The second kappa shape index (κ2) is 6.99. The lowest BCUT2D eigenvalue weighted by Gasteiger charge is -2.13. The van der Waals surface area contributed by atoms with Crippen molar-refractivity contribution in [3.8, 4) is 5.69 Å². The van der Waals surface area contributed by atoms with Crippen LogP contribution in [0.5, 0.6) is 0 Å². The quantitative estimate of drug-likeness (QED) is 0.828. The van der Waals surface area contributed by atoms with Gasteiger partial charge in [0, 0.05) is 13.7 Å². The van der Waals surface area contributed by atoms with Crippen molar-refractivity contribution in [2.75, 3.05) is 20.3 Å². The van der Waals surface area contributed by atoms with Crippen LogP contribution in [0.4, 0.5) is 0 Å². The highest BCUT2D eigenvalue weighted by molar-refractivity contribution is 6.42. The number of benzene rings is 1. The number of nitrogens with zero attached hydrogens (tertiary/aromatic N) is 4. The highest BCUT2D eigenvalue weighted by Crippen LogP contribution is 2.25. The van der Waals surface area contributed by atoms with Crippen molar-refractivity contribution >= 4 is 23.2 Å². The van der Waals surface area contributed by atoms with E-state index in [1.165, 1.54) is 0 Å². The summed E-state index contributed by atoms with van der Waals surface area (Å²) >= 11 is 11.9. The van der Waals surface area contributed by atoms with Crippen molar-refractivity contribution in [1.29, 1.82) is 0 Å². The van der Waals surface area contributed by atoms with Crippen LogP contribution in [0.1, 0.15) is 18.8 Å². The Morgan fingerprint density at radius 2 is 2.15 bits per heavy atom. The molecule has 1 unspecified atom stereocenters. The van der Waals surface area contributed by atoms with Crippen LogP contribution in [0.15, 0.2) is 18.2 Å². The molecular weight excluding hydrogens is 301 g/mol. The van der Waals surface area contributed by atoms with E-state index < -0.39 is 0 Å². The Bertz CT molecular complexity index is 575. The predicted molar refractivity (Wildman–Crippen MR) is 77.5 cm³/mol. The largest absolute Gasteiger partial charge is 0.383 e. The van der Waals surface area contributed by atoms with Crippen molar-refractivity contribution in [3.05, 3.63) is 34.1 Å². The molecule has 6 nitrogen and oxygen atoms in total. The van der Waals surface area contributed by atoms with Crippen molar-refractivity contribution in [2.24, 2.45) is 0 Å². The van der Waals surface area contributed by atoms with Gasteiger partial charge in [0.05, 0.1) is 28.4 Å². The van der Waals surface area contributed by atoms with E-state index in [1.807, 2.05) is 13.0 Å². The molecule has 20 heavy (non-hydrogen) atoms. The fourth-order valence-corrected chi connectivity index (χ4v) is 2.03. The van der Waals surface area contributed by atoms with Crippen LogP contribution in [0.25, 0.3) is 5.69 Å². The minimum absolute atomic E-state index is 0.0189. The third-order valence-electron chi connectivity index (χ3n) is 2.79. The first-order valence-electron chi connectivity index (χ1n) is 6.09. The first-order valence-corrected chi connectivity index (χ1v) is 6.85. The van der Waals surface area contributed by atoms with Crippen LogP contribution in [0.3, 0.4) is 0 Å². The first-order chi connectivity index (χ1) is 9.63. The average molecular weight is 316 g/mol. The maximum Gasteiger partial charge on any atom is 0.173 e. The lowest BCUT2D eigenvalue weighted by atomic mass is 10.2. The number of rotatable bonds is 6. The molecule has 0 amide bonds. The van der Waals surface area contributed by atoms with Gasteiger partial charge in [0.1, 0.15) is 0 Å². The number of methoxy groups -OCH3 is 1. The van der Waals surface area contributed by atoms with Crippen LogP contribution < -0.4 is 5.32 Å². The van der Waals surface area contributed by atoms with Crippen molar-refractivity contribution < 1.29 is 4.74 Å². The van der Waals surface area contributed by atoms with Gasteiger partial charge < -0.3 is 10.1 Å². The van der Waals surface area contributed by atoms with Crippen molar-refractivity contribution in [1.82, 2.24) is 25.5 Å². The summed E-state index contributed by atoms with van der Waals surface area (Å²) in [5, 5.41) is 16.0. The molecule has 1 atom stereocenters. The molecule has 108 valence electrons. The molecule has 0 radical (unpaired) electrons. The van der Waals surface area contributed by atoms with E-state index in [9.17, 15) is 0 Å². The number of nitrogens with one attached hydrogen (secondary N) is 1. The topological polar surface area (TPSA) is 64.9 Å². The van der Waals surface area contributed by atoms with Crippen LogP contribution in [-0.4, -0.2) is 40.5 Å². The van der Waals surface area contributed by atoms with E-state index in [0.717, 1.165) is 5.69 Å². The molecule has 1 aromatic carbocycles. The highest BCUT2D eigenvalue weighted by atomic mass is 35.5. The third-order valence-corrected chi connectivity index (χ3v) is 3.52. The van der Waals surface area contributed by atoms with E-state index in [-0.39, 0.29) is 6.04 Å². The molecule has 0 aliphatic carbocycles. The SMILES string of the molecule is COCCNC(C)c1nnnn1-c1ccc(Cl)c(Cl)c1.